The average Bonchev–Trinajstić information content (AvgIpc) is 2.50. The van der Waals surface area contributed by atoms with Gasteiger partial charge in [-0.05, 0) is 19.9 Å². The van der Waals surface area contributed by atoms with Crippen LogP contribution in [0.15, 0.2) is 0 Å². The molecule has 2 saturated heterocycles. The number of piperazine rings is 1. The van der Waals surface area contributed by atoms with E-state index in [0.29, 0.717) is 23.9 Å². The van der Waals surface area contributed by atoms with E-state index in [2.05, 4.69) is 38.0 Å². The van der Waals surface area contributed by atoms with Crippen molar-refractivity contribution in [2.75, 3.05) is 33.2 Å². The summed E-state index contributed by atoms with van der Waals surface area (Å²) < 4.78 is 0. The topological polar surface area (TPSA) is 35.6 Å². The Morgan fingerprint density at radius 3 is 2.53 bits per heavy atom. The number of likely N-dealkylation sites (N-methyl/N-ethyl adjacent to an activating group) is 1. The van der Waals surface area contributed by atoms with Crippen molar-refractivity contribution in [2.24, 2.45) is 11.8 Å². The second-order valence-electron chi connectivity index (χ2n) is 5.91. The van der Waals surface area contributed by atoms with Crippen LogP contribution in [0.2, 0.25) is 0 Å². The van der Waals surface area contributed by atoms with Gasteiger partial charge in [0.1, 0.15) is 0 Å². The molecule has 2 aliphatic rings. The van der Waals surface area contributed by atoms with Crippen LogP contribution in [0.5, 0.6) is 0 Å². The number of hydrogen-bond donors (Lipinski definition) is 1. The van der Waals surface area contributed by atoms with E-state index in [1.165, 1.54) is 0 Å². The van der Waals surface area contributed by atoms with Crippen LogP contribution in [0.4, 0.5) is 0 Å². The summed E-state index contributed by atoms with van der Waals surface area (Å²) in [5.74, 6) is 1.04. The minimum atomic E-state index is 0.204. The molecule has 0 radical (unpaired) electrons. The van der Waals surface area contributed by atoms with Crippen molar-refractivity contribution >= 4 is 5.91 Å². The summed E-state index contributed by atoms with van der Waals surface area (Å²) in [4.78, 5) is 16.5. The Kier molecular flexibility index (Phi) is 3.73. The van der Waals surface area contributed by atoms with Crippen molar-refractivity contribution in [1.29, 1.82) is 0 Å². The third-order valence-electron chi connectivity index (χ3n) is 4.38. The molecule has 2 aliphatic heterocycles. The van der Waals surface area contributed by atoms with Crippen molar-refractivity contribution in [1.82, 2.24) is 15.1 Å². The Hall–Kier alpha value is -0.610. The Labute approximate surface area is 104 Å². The number of nitrogens with one attached hydrogen (secondary N) is 1. The number of likely N-dealkylation sites (tertiary alicyclic amines) is 1. The largest absolute Gasteiger partial charge is 0.341 e. The van der Waals surface area contributed by atoms with Gasteiger partial charge in [-0.2, -0.15) is 0 Å². The first kappa shape index (κ1) is 12.8. The fourth-order valence-corrected chi connectivity index (χ4v) is 2.89. The zero-order chi connectivity index (χ0) is 12.6. The first-order valence-corrected chi connectivity index (χ1v) is 6.71. The highest BCUT2D eigenvalue weighted by Gasteiger charge is 2.36. The van der Waals surface area contributed by atoms with Crippen LogP contribution in [0.25, 0.3) is 0 Å². The van der Waals surface area contributed by atoms with Gasteiger partial charge in [-0.15, -0.1) is 0 Å². The first-order valence-electron chi connectivity index (χ1n) is 6.71. The van der Waals surface area contributed by atoms with Crippen LogP contribution < -0.4 is 5.32 Å². The van der Waals surface area contributed by atoms with Gasteiger partial charge in [0.2, 0.25) is 5.91 Å². The van der Waals surface area contributed by atoms with Crippen molar-refractivity contribution in [3.8, 4) is 0 Å². The van der Waals surface area contributed by atoms with Gasteiger partial charge in [0.25, 0.3) is 0 Å². The van der Waals surface area contributed by atoms with Crippen molar-refractivity contribution < 1.29 is 4.79 Å². The highest BCUT2D eigenvalue weighted by Crippen LogP contribution is 2.24. The van der Waals surface area contributed by atoms with Gasteiger partial charge in [0, 0.05) is 44.2 Å². The normalized spacial score (nSPS) is 40.0. The zero-order valence-corrected chi connectivity index (χ0v) is 11.4. The van der Waals surface area contributed by atoms with Crippen molar-refractivity contribution in [2.45, 2.75) is 32.9 Å². The van der Waals surface area contributed by atoms with Crippen LogP contribution in [0.3, 0.4) is 0 Å². The van der Waals surface area contributed by atoms with Gasteiger partial charge in [0.15, 0.2) is 0 Å². The molecule has 0 aromatic heterocycles. The fraction of sp³-hybridized carbons (Fsp3) is 0.923. The number of rotatable bonds is 2. The van der Waals surface area contributed by atoms with Crippen LogP contribution in [-0.2, 0) is 4.79 Å². The molecule has 2 heterocycles. The Balaban J connectivity index is 1.91. The lowest BCUT2D eigenvalue weighted by Gasteiger charge is -2.38. The maximum atomic E-state index is 12.0. The number of amides is 1. The maximum absolute atomic E-state index is 12.0. The van der Waals surface area contributed by atoms with Gasteiger partial charge in [0.05, 0.1) is 0 Å². The SMILES string of the molecule is CC1CN(C)C(CN2CC(C)C(C)C2=O)CN1. The summed E-state index contributed by atoms with van der Waals surface area (Å²) >= 11 is 0. The lowest BCUT2D eigenvalue weighted by molar-refractivity contribution is -0.131. The lowest BCUT2D eigenvalue weighted by atomic mass is 10.0. The molecule has 1 N–H and O–H groups in total. The lowest BCUT2D eigenvalue weighted by Crippen LogP contribution is -2.57. The molecule has 0 spiro atoms. The highest BCUT2D eigenvalue weighted by molar-refractivity contribution is 5.81. The summed E-state index contributed by atoms with van der Waals surface area (Å²) in [6.07, 6.45) is 0. The molecule has 98 valence electrons. The van der Waals surface area contributed by atoms with Crippen LogP contribution >= 0.6 is 0 Å². The Bertz CT molecular complexity index is 294. The summed E-state index contributed by atoms with van der Waals surface area (Å²) in [5.41, 5.74) is 0. The molecule has 0 aromatic carbocycles. The third-order valence-corrected chi connectivity index (χ3v) is 4.38. The predicted molar refractivity (Wildman–Crippen MR) is 68.8 cm³/mol. The molecule has 4 heteroatoms. The van der Waals surface area contributed by atoms with E-state index in [-0.39, 0.29) is 5.92 Å². The highest BCUT2D eigenvalue weighted by atomic mass is 16.2. The second-order valence-corrected chi connectivity index (χ2v) is 5.91. The molecule has 0 saturated carbocycles. The van der Waals surface area contributed by atoms with E-state index >= 15 is 0 Å². The van der Waals surface area contributed by atoms with E-state index in [4.69, 9.17) is 0 Å². The maximum Gasteiger partial charge on any atom is 0.225 e. The van der Waals surface area contributed by atoms with Crippen LogP contribution in [-0.4, -0.2) is 61.0 Å². The van der Waals surface area contributed by atoms with Crippen molar-refractivity contribution in [3.63, 3.8) is 0 Å². The molecular weight excluding hydrogens is 214 g/mol. The summed E-state index contributed by atoms with van der Waals surface area (Å²) in [6.45, 7) is 10.3. The molecule has 0 aliphatic carbocycles. The Morgan fingerprint density at radius 1 is 1.29 bits per heavy atom. The van der Waals surface area contributed by atoms with Gasteiger partial charge >= 0.3 is 0 Å². The molecule has 17 heavy (non-hydrogen) atoms. The smallest absolute Gasteiger partial charge is 0.225 e. The van der Waals surface area contributed by atoms with Gasteiger partial charge < -0.3 is 10.2 Å². The molecule has 2 rings (SSSR count). The minimum absolute atomic E-state index is 0.204. The average molecular weight is 239 g/mol. The predicted octanol–water partition coefficient (Wildman–Crippen LogP) is 0.393. The molecule has 0 bridgehead atoms. The molecule has 4 atom stereocenters. The number of carbonyl (C=O) groups excluding carboxylic acids is 1. The molecule has 1 amide bonds. The molecule has 4 unspecified atom stereocenters. The first-order chi connectivity index (χ1) is 7.99. The summed E-state index contributed by atoms with van der Waals surface area (Å²) in [7, 11) is 2.16. The molecular formula is C13H25N3O. The number of carbonyl (C=O) groups is 1. The number of nitrogens with zero attached hydrogens (tertiary/aromatic N) is 2. The monoisotopic (exact) mass is 239 g/mol. The van der Waals surface area contributed by atoms with Gasteiger partial charge in [-0.1, -0.05) is 13.8 Å². The number of hydrogen-bond acceptors (Lipinski definition) is 3. The standard InChI is InChI=1S/C13H25N3O/c1-9-6-16(13(17)11(9)3)8-12-5-14-10(2)7-15(12)4/h9-12,14H,5-8H2,1-4H3. The second kappa shape index (κ2) is 4.94. The molecule has 0 aromatic rings. The van der Waals surface area contributed by atoms with Crippen LogP contribution in [0, 0.1) is 11.8 Å². The Morgan fingerprint density at radius 2 is 2.00 bits per heavy atom. The minimum Gasteiger partial charge on any atom is -0.341 e. The van der Waals surface area contributed by atoms with Gasteiger partial charge in [-0.3, -0.25) is 9.69 Å². The van der Waals surface area contributed by atoms with Crippen molar-refractivity contribution in [3.05, 3.63) is 0 Å². The quantitative estimate of drug-likeness (QED) is 0.757. The zero-order valence-electron chi connectivity index (χ0n) is 11.4. The third kappa shape index (κ3) is 2.63. The summed E-state index contributed by atoms with van der Waals surface area (Å²) in [6, 6.07) is 1.02. The van der Waals surface area contributed by atoms with Crippen LogP contribution in [0.1, 0.15) is 20.8 Å². The fourth-order valence-electron chi connectivity index (χ4n) is 2.89. The van der Waals surface area contributed by atoms with E-state index in [1.807, 2.05) is 4.90 Å². The van der Waals surface area contributed by atoms with E-state index in [1.54, 1.807) is 0 Å². The summed E-state index contributed by atoms with van der Waals surface area (Å²) in [5, 5.41) is 3.49. The molecule has 2 fully saturated rings. The van der Waals surface area contributed by atoms with Gasteiger partial charge in [-0.25, -0.2) is 0 Å². The molecule has 4 nitrogen and oxygen atoms in total. The van der Waals surface area contributed by atoms with E-state index in [0.717, 1.165) is 26.2 Å². The van der Waals surface area contributed by atoms with E-state index < -0.39 is 0 Å². The van der Waals surface area contributed by atoms with E-state index in [9.17, 15) is 4.79 Å².